The van der Waals surface area contributed by atoms with Gasteiger partial charge in [-0.25, -0.2) is 4.98 Å². The quantitative estimate of drug-likeness (QED) is 0.493. The maximum Gasteiger partial charge on any atom is 0.242 e. The average molecular weight is 402 g/mol. The van der Waals surface area contributed by atoms with E-state index in [4.69, 9.17) is 4.98 Å². The Morgan fingerprint density at radius 3 is 2.45 bits per heavy atom. The summed E-state index contributed by atoms with van der Waals surface area (Å²) in [4.78, 5) is 18.9. The lowest BCUT2D eigenvalue weighted by atomic mass is 9.77. The van der Waals surface area contributed by atoms with Gasteiger partial charge in [-0.3, -0.25) is 9.36 Å². The molecule has 0 N–H and O–H groups in total. The molecule has 1 aromatic heterocycles. The highest BCUT2D eigenvalue weighted by Crippen LogP contribution is 2.47. The maximum atomic E-state index is 14.1. The van der Waals surface area contributed by atoms with E-state index in [1.54, 1.807) is 0 Å². The van der Waals surface area contributed by atoms with Crippen LogP contribution in [0.25, 0.3) is 22.4 Å². The van der Waals surface area contributed by atoms with Crippen molar-refractivity contribution in [2.75, 3.05) is 0 Å². The zero-order chi connectivity index (χ0) is 20.8. The molecule has 148 valence electrons. The van der Waals surface area contributed by atoms with Crippen LogP contribution in [-0.2, 0) is 5.41 Å². The van der Waals surface area contributed by atoms with E-state index in [9.17, 15) is 10.1 Å². The highest BCUT2D eigenvalue weighted by molar-refractivity contribution is 6.80. The molecular formula is C24H27N3OSi. The molecular weight excluding hydrogens is 374 g/mol. The van der Waals surface area contributed by atoms with Gasteiger partial charge in [-0.15, -0.1) is 0 Å². The zero-order valence-corrected chi connectivity index (χ0v) is 18.6. The zero-order valence-electron chi connectivity index (χ0n) is 17.6. The van der Waals surface area contributed by atoms with Gasteiger partial charge in [0.25, 0.3) is 0 Å². The van der Waals surface area contributed by atoms with Crippen molar-refractivity contribution in [2.45, 2.75) is 57.3 Å². The molecule has 0 spiro atoms. The Kier molecular flexibility index (Phi) is 4.70. The predicted octanol–water partition coefficient (Wildman–Crippen LogP) is 5.99. The highest BCUT2D eigenvalue weighted by atomic mass is 28.3. The number of rotatable bonds is 5. The van der Waals surface area contributed by atoms with E-state index in [1.807, 2.05) is 47.0 Å². The molecule has 0 fully saturated rings. The molecule has 0 saturated heterocycles. The molecule has 0 saturated carbocycles. The van der Waals surface area contributed by atoms with Crippen LogP contribution in [0, 0.1) is 11.3 Å². The van der Waals surface area contributed by atoms with Gasteiger partial charge in [0.2, 0.25) is 5.91 Å². The number of para-hydroxylation sites is 2. The SMILES string of the molecule is CC[Si](CC)(CC)CC1(C)C(=O)n2c(nc3ccccc32)-c2ccc(C#N)cc21. The molecule has 1 aliphatic heterocycles. The van der Waals surface area contributed by atoms with E-state index < -0.39 is 13.5 Å². The van der Waals surface area contributed by atoms with E-state index >= 15 is 0 Å². The summed E-state index contributed by atoms with van der Waals surface area (Å²) in [5.74, 6) is 0.793. The second kappa shape index (κ2) is 6.96. The number of nitriles is 1. The lowest BCUT2D eigenvalue weighted by Gasteiger charge is -2.41. The molecule has 1 unspecified atom stereocenters. The van der Waals surface area contributed by atoms with Crippen LogP contribution in [0.4, 0.5) is 0 Å². The first kappa shape index (κ1) is 19.6. The van der Waals surface area contributed by atoms with Crippen molar-refractivity contribution in [2.24, 2.45) is 0 Å². The smallest absolute Gasteiger partial charge is 0.242 e. The minimum absolute atomic E-state index is 0.0935. The molecule has 1 atom stereocenters. The summed E-state index contributed by atoms with van der Waals surface area (Å²) in [6.45, 7) is 8.93. The molecule has 4 rings (SSSR count). The fourth-order valence-corrected chi connectivity index (χ4v) is 9.18. The van der Waals surface area contributed by atoms with E-state index in [1.165, 1.54) is 0 Å². The van der Waals surface area contributed by atoms with E-state index in [-0.39, 0.29) is 5.91 Å². The van der Waals surface area contributed by atoms with Crippen LogP contribution in [0.3, 0.4) is 0 Å². The summed E-state index contributed by atoms with van der Waals surface area (Å²) < 4.78 is 1.82. The molecule has 2 heterocycles. The summed E-state index contributed by atoms with van der Waals surface area (Å²) in [6, 6.07) is 20.2. The normalized spacial score (nSPS) is 18.4. The van der Waals surface area contributed by atoms with Gasteiger partial charge in [0.15, 0.2) is 0 Å². The first-order chi connectivity index (χ1) is 13.9. The molecule has 29 heavy (non-hydrogen) atoms. The van der Waals surface area contributed by atoms with Crippen LogP contribution in [0.15, 0.2) is 42.5 Å². The Labute approximate surface area is 173 Å². The summed E-state index contributed by atoms with van der Waals surface area (Å²) in [7, 11) is -1.62. The van der Waals surface area contributed by atoms with Crippen LogP contribution in [0.1, 0.15) is 43.6 Å². The van der Waals surface area contributed by atoms with Crippen LogP contribution < -0.4 is 0 Å². The first-order valence-corrected chi connectivity index (χ1v) is 13.3. The summed E-state index contributed by atoms with van der Waals surface area (Å²) in [5.41, 5.74) is 3.60. The number of fused-ring (bicyclic) bond motifs is 5. The first-order valence-electron chi connectivity index (χ1n) is 10.5. The standard InChI is InChI=1S/C24H27N3OSi/c1-5-29(6-2,7-3)16-24(4)19-14-17(15-25)12-13-18(19)22-26-20-10-8-9-11-21(20)27(22)23(24)28/h8-14H,5-7,16H2,1-4H3. The van der Waals surface area contributed by atoms with Gasteiger partial charge >= 0.3 is 0 Å². The Balaban J connectivity index is 2.03. The molecule has 4 nitrogen and oxygen atoms in total. The number of carbonyl (C=O) groups excluding carboxylic acids is 1. The second-order valence-corrected chi connectivity index (χ2v) is 14.0. The third-order valence-corrected chi connectivity index (χ3v) is 13.2. The predicted molar refractivity (Wildman–Crippen MR) is 120 cm³/mol. The molecule has 0 radical (unpaired) electrons. The number of nitrogens with zero attached hydrogens (tertiary/aromatic N) is 3. The Morgan fingerprint density at radius 1 is 1.10 bits per heavy atom. The molecule has 0 bridgehead atoms. The third-order valence-electron chi connectivity index (χ3n) is 7.20. The number of carbonyl (C=O) groups is 1. The van der Waals surface area contributed by atoms with E-state index in [0.29, 0.717) is 11.4 Å². The van der Waals surface area contributed by atoms with E-state index in [2.05, 4.69) is 33.8 Å². The lowest BCUT2D eigenvalue weighted by Crippen LogP contribution is -2.48. The van der Waals surface area contributed by atoms with Crippen LogP contribution in [0.5, 0.6) is 0 Å². The van der Waals surface area contributed by atoms with E-state index in [0.717, 1.165) is 46.3 Å². The number of imidazole rings is 1. The van der Waals surface area contributed by atoms with Crippen molar-refractivity contribution < 1.29 is 4.79 Å². The van der Waals surface area contributed by atoms with Crippen LogP contribution >= 0.6 is 0 Å². The lowest BCUT2D eigenvalue weighted by molar-refractivity contribution is 0.0822. The van der Waals surface area contributed by atoms with Crippen molar-refractivity contribution >= 4 is 25.0 Å². The largest absolute Gasteiger partial charge is 0.273 e. The number of benzene rings is 2. The molecule has 3 aromatic rings. The maximum absolute atomic E-state index is 14.1. The second-order valence-electron chi connectivity index (χ2n) is 8.51. The van der Waals surface area contributed by atoms with Crippen molar-refractivity contribution in [1.29, 1.82) is 5.26 Å². The van der Waals surface area contributed by atoms with Gasteiger partial charge in [0.1, 0.15) is 5.82 Å². The Bertz CT molecular complexity index is 1140. The minimum Gasteiger partial charge on any atom is -0.273 e. The molecule has 0 aliphatic carbocycles. The van der Waals surface area contributed by atoms with Gasteiger partial charge in [0.05, 0.1) is 36.2 Å². The van der Waals surface area contributed by atoms with Crippen molar-refractivity contribution in [3.63, 3.8) is 0 Å². The summed E-state index contributed by atoms with van der Waals surface area (Å²) in [5, 5.41) is 9.51. The fraction of sp³-hybridized carbons (Fsp3) is 0.375. The fourth-order valence-electron chi connectivity index (χ4n) is 5.09. The van der Waals surface area contributed by atoms with Crippen molar-refractivity contribution in [1.82, 2.24) is 9.55 Å². The molecule has 2 aromatic carbocycles. The third kappa shape index (κ3) is 2.78. The molecule has 0 amide bonds. The van der Waals surface area contributed by atoms with Gasteiger partial charge < -0.3 is 0 Å². The van der Waals surface area contributed by atoms with Gasteiger partial charge in [-0.2, -0.15) is 5.26 Å². The monoisotopic (exact) mass is 401 g/mol. The average Bonchev–Trinajstić information content (AvgIpc) is 3.15. The number of hydrogen-bond acceptors (Lipinski definition) is 3. The minimum atomic E-state index is -1.62. The van der Waals surface area contributed by atoms with Gasteiger partial charge in [-0.1, -0.05) is 51.0 Å². The summed E-state index contributed by atoms with van der Waals surface area (Å²) >= 11 is 0. The van der Waals surface area contributed by atoms with Crippen molar-refractivity contribution in [3.05, 3.63) is 53.6 Å². The van der Waals surface area contributed by atoms with Gasteiger partial charge in [-0.05, 0) is 48.9 Å². The molecule has 5 heteroatoms. The highest BCUT2D eigenvalue weighted by Gasteiger charge is 2.48. The van der Waals surface area contributed by atoms with Crippen LogP contribution in [0.2, 0.25) is 24.2 Å². The number of hydrogen-bond donors (Lipinski definition) is 0. The summed E-state index contributed by atoms with van der Waals surface area (Å²) in [6.07, 6.45) is 0. The molecule has 1 aliphatic rings. The Morgan fingerprint density at radius 2 is 1.79 bits per heavy atom. The number of aromatic nitrogens is 2. The Hall–Kier alpha value is -2.71. The van der Waals surface area contributed by atoms with Crippen molar-refractivity contribution in [3.8, 4) is 17.5 Å². The van der Waals surface area contributed by atoms with Crippen LogP contribution in [-0.4, -0.2) is 23.5 Å². The topological polar surface area (TPSA) is 58.7 Å². The van der Waals surface area contributed by atoms with Gasteiger partial charge in [0, 0.05) is 5.56 Å².